The van der Waals surface area contributed by atoms with Crippen molar-refractivity contribution in [2.24, 2.45) is 0 Å². The fourth-order valence-electron chi connectivity index (χ4n) is 3.22. The maximum absolute atomic E-state index is 12.1. The van der Waals surface area contributed by atoms with Crippen molar-refractivity contribution in [2.45, 2.75) is 122 Å². The molecule has 0 aromatic carbocycles. The van der Waals surface area contributed by atoms with Crippen molar-refractivity contribution in [3.05, 3.63) is 0 Å². The number of hydrogen-bond donors (Lipinski definition) is 3. The van der Waals surface area contributed by atoms with Gasteiger partial charge in [0, 0.05) is 13.0 Å². The normalized spacial score (nSPS) is 12.7. The number of Topliss-reactive ketones (excluding diaryl/α,β-unsaturated/α-hetero) is 1. The van der Waals surface area contributed by atoms with Crippen LogP contribution in [0.2, 0.25) is 0 Å². The highest BCUT2D eigenvalue weighted by Gasteiger charge is 2.15. The van der Waals surface area contributed by atoms with Crippen LogP contribution in [0.3, 0.4) is 0 Å². The Morgan fingerprint density at radius 3 is 1.60 bits per heavy atom. The minimum absolute atomic E-state index is 0.0584. The Morgan fingerprint density at radius 1 is 0.760 bits per heavy atom. The van der Waals surface area contributed by atoms with E-state index in [1.54, 1.807) is 0 Å². The van der Waals surface area contributed by atoms with Gasteiger partial charge in [-0.05, 0) is 12.8 Å². The van der Waals surface area contributed by atoms with Crippen LogP contribution in [0, 0.1) is 0 Å². The molecule has 0 aromatic rings. The first-order valence-electron chi connectivity index (χ1n) is 10.7. The molecule has 25 heavy (non-hydrogen) atoms. The Hall–Kier alpha value is -0.450. The van der Waals surface area contributed by atoms with Crippen LogP contribution in [0.25, 0.3) is 0 Å². The van der Waals surface area contributed by atoms with Gasteiger partial charge in [-0.1, -0.05) is 90.9 Å². The van der Waals surface area contributed by atoms with Crippen LogP contribution >= 0.6 is 0 Å². The molecule has 0 spiro atoms. The Balaban J connectivity index is 3.38. The van der Waals surface area contributed by atoms with Crippen molar-refractivity contribution in [1.82, 2.24) is 5.32 Å². The van der Waals surface area contributed by atoms with Crippen molar-refractivity contribution in [3.63, 3.8) is 0 Å². The van der Waals surface area contributed by atoms with Crippen LogP contribution < -0.4 is 5.32 Å². The van der Waals surface area contributed by atoms with Gasteiger partial charge in [-0.2, -0.15) is 0 Å². The molecule has 0 heterocycles. The monoisotopic (exact) mass is 357 g/mol. The van der Waals surface area contributed by atoms with E-state index >= 15 is 0 Å². The van der Waals surface area contributed by atoms with Crippen LogP contribution in [0.4, 0.5) is 0 Å². The number of nitrogens with one attached hydrogen (secondary N) is 1. The van der Waals surface area contributed by atoms with Crippen molar-refractivity contribution in [1.29, 1.82) is 0 Å². The molecule has 4 heteroatoms. The lowest BCUT2D eigenvalue weighted by Gasteiger charge is -2.16. The van der Waals surface area contributed by atoms with Crippen molar-refractivity contribution < 1.29 is 15.0 Å². The predicted octanol–water partition coefficient (Wildman–Crippen LogP) is 4.72. The van der Waals surface area contributed by atoms with E-state index in [0.717, 1.165) is 12.8 Å². The molecule has 150 valence electrons. The Bertz CT molecular complexity index is 295. The zero-order valence-electron chi connectivity index (χ0n) is 16.8. The first kappa shape index (κ1) is 24.6. The van der Waals surface area contributed by atoms with Gasteiger partial charge >= 0.3 is 0 Å². The Morgan fingerprint density at radius 2 is 1.20 bits per heavy atom. The molecule has 3 N–H and O–H groups in total. The summed E-state index contributed by atoms with van der Waals surface area (Å²) < 4.78 is 0. The molecule has 0 aliphatic rings. The fraction of sp³-hybridized carbons (Fsp3) is 0.952. The lowest BCUT2D eigenvalue weighted by atomic mass is 10.0. The third kappa shape index (κ3) is 16.8. The van der Waals surface area contributed by atoms with Gasteiger partial charge in [-0.3, -0.25) is 4.79 Å². The topological polar surface area (TPSA) is 69.6 Å². The van der Waals surface area contributed by atoms with Gasteiger partial charge < -0.3 is 15.5 Å². The summed E-state index contributed by atoms with van der Waals surface area (Å²) in [4.78, 5) is 12.1. The summed E-state index contributed by atoms with van der Waals surface area (Å²) >= 11 is 0. The SMILES string of the molecule is CCCCCCCCCCCCCCCC(=O)C(CC)NCC(O)O. The van der Waals surface area contributed by atoms with E-state index in [9.17, 15) is 4.79 Å². The number of carbonyl (C=O) groups excluding carboxylic acids is 1. The first-order valence-corrected chi connectivity index (χ1v) is 10.7. The van der Waals surface area contributed by atoms with Gasteiger partial charge in [-0.15, -0.1) is 0 Å². The summed E-state index contributed by atoms with van der Waals surface area (Å²) in [6.45, 7) is 4.27. The first-order chi connectivity index (χ1) is 12.1. The number of carbonyl (C=O) groups is 1. The van der Waals surface area contributed by atoms with E-state index in [1.165, 1.54) is 70.6 Å². The number of ketones is 1. The molecular weight excluding hydrogens is 314 g/mol. The number of hydrogen-bond acceptors (Lipinski definition) is 4. The Labute approximate surface area is 155 Å². The molecule has 0 amide bonds. The summed E-state index contributed by atoms with van der Waals surface area (Å²) in [5.41, 5.74) is 0. The smallest absolute Gasteiger partial charge is 0.164 e. The van der Waals surface area contributed by atoms with Crippen LogP contribution in [-0.4, -0.2) is 34.9 Å². The second-order valence-corrected chi connectivity index (χ2v) is 7.31. The number of aliphatic hydroxyl groups excluding tert-OH is 1. The zero-order chi connectivity index (χ0) is 18.8. The molecule has 0 saturated carbocycles. The van der Waals surface area contributed by atoms with Crippen LogP contribution in [-0.2, 0) is 4.79 Å². The molecule has 0 saturated heterocycles. The summed E-state index contributed by atoms with van der Waals surface area (Å²) in [5, 5.41) is 20.6. The zero-order valence-corrected chi connectivity index (χ0v) is 16.8. The quantitative estimate of drug-likeness (QED) is 0.231. The van der Waals surface area contributed by atoms with E-state index in [0.29, 0.717) is 12.8 Å². The molecule has 0 radical (unpaired) electrons. The van der Waals surface area contributed by atoms with E-state index < -0.39 is 6.29 Å². The largest absolute Gasteiger partial charge is 0.367 e. The van der Waals surface area contributed by atoms with E-state index in [1.807, 2.05) is 6.92 Å². The fourth-order valence-corrected chi connectivity index (χ4v) is 3.22. The maximum Gasteiger partial charge on any atom is 0.164 e. The molecule has 1 unspecified atom stereocenters. The van der Waals surface area contributed by atoms with Crippen LogP contribution in [0.5, 0.6) is 0 Å². The van der Waals surface area contributed by atoms with Gasteiger partial charge in [0.1, 0.15) is 5.78 Å². The maximum atomic E-state index is 12.1. The van der Waals surface area contributed by atoms with Gasteiger partial charge in [0.2, 0.25) is 0 Å². The Kier molecular flexibility index (Phi) is 18.0. The second kappa shape index (κ2) is 18.3. The van der Waals surface area contributed by atoms with Crippen molar-refractivity contribution >= 4 is 5.78 Å². The molecule has 0 aliphatic heterocycles. The van der Waals surface area contributed by atoms with Crippen LogP contribution in [0.15, 0.2) is 0 Å². The van der Waals surface area contributed by atoms with Crippen molar-refractivity contribution in [2.75, 3.05) is 6.54 Å². The highest BCUT2D eigenvalue weighted by atomic mass is 16.5. The minimum Gasteiger partial charge on any atom is -0.367 e. The number of unbranched alkanes of at least 4 members (excludes halogenated alkanes) is 12. The molecule has 4 nitrogen and oxygen atoms in total. The van der Waals surface area contributed by atoms with E-state index in [4.69, 9.17) is 10.2 Å². The average molecular weight is 358 g/mol. The van der Waals surface area contributed by atoms with E-state index in [2.05, 4.69) is 12.2 Å². The summed E-state index contributed by atoms with van der Waals surface area (Å²) in [6, 6.07) is -0.237. The highest BCUT2D eigenvalue weighted by Crippen LogP contribution is 2.13. The lowest BCUT2D eigenvalue weighted by Crippen LogP contribution is -2.40. The standard InChI is InChI=1S/C21H43NO3/c1-3-5-6-7-8-9-10-11-12-13-14-15-16-17-20(23)19(4-2)22-18-21(24)25/h19,21-22,24-25H,3-18H2,1-2H3. The van der Waals surface area contributed by atoms with Crippen molar-refractivity contribution in [3.8, 4) is 0 Å². The average Bonchev–Trinajstić information content (AvgIpc) is 2.59. The van der Waals surface area contributed by atoms with Crippen LogP contribution in [0.1, 0.15) is 110 Å². The highest BCUT2D eigenvalue weighted by molar-refractivity contribution is 5.83. The third-order valence-electron chi connectivity index (χ3n) is 4.87. The molecule has 0 bridgehead atoms. The second-order valence-electron chi connectivity index (χ2n) is 7.31. The minimum atomic E-state index is -1.39. The van der Waals surface area contributed by atoms with Gasteiger partial charge in [0.05, 0.1) is 6.04 Å². The molecule has 0 aliphatic carbocycles. The lowest BCUT2D eigenvalue weighted by molar-refractivity contribution is -0.121. The van der Waals surface area contributed by atoms with E-state index in [-0.39, 0.29) is 18.4 Å². The van der Waals surface area contributed by atoms with Gasteiger partial charge in [0.25, 0.3) is 0 Å². The third-order valence-corrected chi connectivity index (χ3v) is 4.87. The summed E-state index contributed by atoms with van der Waals surface area (Å²) in [6.07, 6.45) is 16.9. The number of rotatable bonds is 19. The summed E-state index contributed by atoms with van der Waals surface area (Å²) in [7, 11) is 0. The van der Waals surface area contributed by atoms with Gasteiger partial charge in [-0.25, -0.2) is 0 Å². The molecule has 0 aromatic heterocycles. The molecule has 0 fully saturated rings. The summed E-state index contributed by atoms with van der Waals surface area (Å²) in [5.74, 6) is 0.200. The molecular formula is C21H43NO3. The predicted molar refractivity (Wildman–Crippen MR) is 106 cm³/mol. The molecule has 0 rings (SSSR count). The van der Waals surface area contributed by atoms with Gasteiger partial charge in [0.15, 0.2) is 6.29 Å². The number of aliphatic hydroxyl groups is 2. The molecule has 1 atom stereocenters.